The Morgan fingerprint density at radius 2 is 1.17 bits per heavy atom. The van der Waals surface area contributed by atoms with Crippen LogP contribution in [0.15, 0.2) is 21.0 Å². The van der Waals surface area contributed by atoms with Gasteiger partial charge in [-0.3, -0.25) is 0 Å². The van der Waals surface area contributed by atoms with E-state index in [1.165, 1.54) is 51.9 Å². The molecule has 6 aliphatic rings. The van der Waals surface area contributed by atoms with Crippen molar-refractivity contribution in [3.63, 3.8) is 0 Å². The summed E-state index contributed by atoms with van der Waals surface area (Å²) >= 11 is 12.3. The molecule has 41 heavy (non-hydrogen) atoms. The lowest BCUT2D eigenvalue weighted by molar-refractivity contribution is 0.249. The molecule has 10 nitrogen and oxygen atoms in total. The van der Waals surface area contributed by atoms with E-state index in [4.69, 9.17) is 32.0 Å². The number of halogens is 2. The maximum Gasteiger partial charge on any atom is 0.300 e. The van der Waals surface area contributed by atoms with Gasteiger partial charge in [-0.15, -0.1) is 0 Å². The molecule has 12 heteroatoms. The van der Waals surface area contributed by atoms with E-state index >= 15 is 0 Å². The molecule has 6 fully saturated rings. The second-order valence-corrected chi connectivity index (χ2v) is 12.3. The molecule has 0 unspecified atom stereocenters. The van der Waals surface area contributed by atoms with Crippen molar-refractivity contribution in [1.29, 1.82) is 0 Å². The Kier molecular flexibility index (Phi) is 7.43. The summed E-state index contributed by atoms with van der Waals surface area (Å²) in [5, 5.41) is 1.29. The van der Waals surface area contributed by atoms with Crippen molar-refractivity contribution in [3.8, 4) is 0 Å². The van der Waals surface area contributed by atoms with Gasteiger partial charge in [0.2, 0.25) is 11.3 Å². The Hall–Kier alpha value is -2.66. The number of nitrogens with zero attached hydrogens (tertiary/aromatic N) is 8. The minimum atomic E-state index is 0.540. The predicted octanol–water partition coefficient (Wildman–Crippen LogP) is 5.19. The molecule has 0 spiro atoms. The van der Waals surface area contributed by atoms with Crippen LogP contribution in [-0.4, -0.2) is 94.2 Å². The van der Waals surface area contributed by atoms with Gasteiger partial charge in [0.1, 0.15) is 0 Å². The quantitative estimate of drug-likeness (QED) is 0.313. The Bertz CT molecular complexity index is 1500. The molecule has 10 heterocycles. The van der Waals surface area contributed by atoms with Crippen LogP contribution in [0.4, 0.5) is 12.0 Å². The number of fused-ring (bicyclic) bond motifs is 10. The first kappa shape index (κ1) is 27.2. The molecule has 4 aromatic heterocycles. The second-order valence-electron chi connectivity index (χ2n) is 11.5. The minimum absolute atomic E-state index is 0.540. The number of piperidine rings is 2. The number of hydrogen-bond donors (Lipinski definition) is 0. The average Bonchev–Trinajstić information content (AvgIpc) is 3.24. The molecular weight excluding hydrogens is 563 g/mol. The maximum atomic E-state index is 6.22. The molecule has 10 rings (SSSR count). The maximum absolute atomic E-state index is 6.22. The summed E-state index contributed by atoms with van der Waals surface area (Å²) in [5.74, 6) is 0. The molecule has 0 atom stereocenters. The Balaban J connectivity index is 0.000000135. The summed E-state index contributed by atoms with van der Waals surface area (Å²) in [7, 11) is 0. The lowest BCUT2D eigenvalue weighted by atomic mass is 10.1. The number of aryl methyl sites for hydroxylation is 2. The second kappa shape index (κ2) is 11.2. The van der Waals surface area contributed by atoms with Gasteiger partial charge in [0.05, 0.1) is 21.4 Å². The summed E-state index contributed by atoms with van der Waals surface area (Å²) in [5.41, 5.74) is 4.36. The molecule has 4 aromatic rings. The van der Waals surface area contributed by atoms with E-state index in [1.807, 2.05) is 26.0 Å². The van der Waals surface area contributed by atoms with E-state index in [0.29, 0.717) is 56.6 Å². The van der Waals surface area contributed by atoms with Crippen molar-refractivity contribution < 1.29 is 8.83 Å². The Morgan fingerprint density at radius 3 is 1.68 bits per heavy atom. The number of anilines is 2. The van der Waals surface area contributed by atoms with Crippen molar-refractivity contribution in [3.05, 3.63) is 33.6 Å². The van der Waals surface area contributed by atoms with E-state index in [1.54, 1.807) is 0 Å². The fraction of sp³-hybridized carbons (Fsp3) is 0.586. The Labute approximate surface area is 249 Å². The zero-order chi connectivity index (χ0) is 28.1. The van der Waals surface area contributed by atoms with Gasteiger partial charge in [-0.1, -0.05) is 30.1 Å². The fourth-order valence-electron chi connectivity index (χ4n) is 6.55. The first-order valence-electron chi connectivity index (χ1n) is 14.8. The monoisotopic (exact) mass is 598 g/mol. The number of hydrogen-bond acceptors (Lipinski definition) is 10. The van der Waals surface area contributed by atoms with Crippen LogP contribution in [0.1, 0.15) is 44.0 Å². The third-order valence-corrected chi connectivity index (χ3v) is 9.74. The highest BCUT2D eigenvalue weighted by Gasteiger charge is 2.33. The van der Waals surface area contributed by atoms with Gasteiger partial charge in [-0.25, -0.2) is 9.97 Å². The topological polar surface area (TPSA) is 90.8 Å². The predicted molar refractivity (Wildman–Crippen MR) is 161 cm³/mol. The number of pyridine rings is 2. The molecule has 218 valence electrons. The van der Waals surface area contributed by atoms with E-state index in [2.05, 4.69) is 39.5 Å². The van der Waals surface area contributed by atoms with Crippen LogP contribution in [0.2, 0.25) is 10.0 Å². The van der Waals surface area contributed by atoms with E-state index in [0.717, 1.165) is 44.0 Å². The summed E-state index contributed by atoms with van der Waals surface area (Å²) in [6.45, 7) is 12.8. The van der Waals surface area contributed by atoms with Crippen molar-refractivity contribution in [2.45, 2.75) is 58.0 Å². The van der Waals surface area contributed by atoms with Crippen LogP contribution in [0.3, 0.4) is 0 Å². The summed E-state index contributed by atoms with van der Waals surface area (Å²) in [4.78, 5) is 27.8. The molecule has 0 radical (unpaired) electrons. The molecule has 0 aliphatic carbocycles. The van der Waals surface area contributed by atoms with Gasteiger partial charge in [-0.05, 0) is 39.0 Å². The largest absolute Gasteiger partial charge is 0.422 e. The molecule has 6 aliphatic heterocycles. The van der Waals surface area contributed by atoms with Gasteiger partial charge in [0.15, 0.2) is 11.2 Å². The summed E-state index contributed by atoms with van der Waals surface area (Å²) < 4.78 is 11.8. The molecule has 0 saturated carbocycles. The van der Waals surface area contributed by atoms with Crippen LogP contribution in [0, 0.1) is 6.92 Å². The fourth-order valence-corrected chi connectivity index (χ4v) is 6.97. The minimum Gasteiger partial charge on any atom is -0.422 e. The highest BCUT2D eigenvalue weighted by Crippen LogP contribution is 2.31. The van der Waals surface area contributed by atoms with Crippen LogP contribution in [0.5, 0.6) is 0 Å². The van der Waals surface area contributed by atoms with Gasteiger partial charge >= 0.3 is 0 Å². The highest BCUT2D eigenvalue weighted by atomic mass is 35.5. The molecule has 6 saturated heterocycles. The highest BCUT2D eigenvalue weighted by molar-refractivity contribution is 6.32. The number of aromatic nitrogens is 4. The number of oxazole rings is 2. The Morgan fingerprint density at radius 1 is 0.683 bits per heavy atom. The lowest BCUT2D eigenvalue weighted by Gasteiger charge is -2.30. The van der Waals surface area contributed by atoms with Crippen molar-refractivity contribution in [2.24, 2.45) is 0 Å². The first-order valence-corrected chi connectivity index (χ1v) is 15.6. The molecule has 0 aromatic carbocycles. The van der Waals surface area contributed by atoms with Crippen LogP contribution < -0.4 is 9.80 Å². The van der Waals surface area contributed by atoms with Crippen molar-refractivity contribution >= 4 is 57.7 Å². The SMILES string of the molecule is CCc1nc2nc(N3CCN4CCC3CC4)oc2cc1Cl.Cc1nc2nc(N3CCN4CCC3CC4)oc2cc1Cl. The standard InChI is InChI=1S/C15H19ClN4O.C14H17ClN4O/c1-2-12-11(16)9-13-14(17-12)18-15(21-13)20-8-7-19-5-3-10(20)4-6-19;1-9-11(15)8-12-13(16-9)17-14(20-12)19-7-6-18-4-2-10(19)3-5-18/h9-10H,2-8H2,1H3;8,10H,2-7H2,1H3. The van der Waals surface area contributed by atoms with Crippen LogP contribution in [-0.2, 0) is 6.42 Å². The summed E-state index contributed by atoms with van der Waals surface area (Å²) in [6.07, 6.45) is 5.55. The van der Waals surface area contributed by atoms with E-state index in [-0.39, 0.29) is 0 Å². The normalized spacial score (nSPS) is 25.9. The summed E-state index contributed by atoms with van der Waals surface area (Å²) in [6, 6.07) is 6.14. The third kappa shape index (κ3) is 5.35. The van der Waals surface area contributed by atoms with Crippen molar-refractivity contribution in [2.75, 3.05) is 62.2 Å². The lowest BCUT2D eigenvalue weighted by Crippen LogP contribution is -2.38. The molecule has 0 N–H and O–H groups in total. The van der Waals surface area contributed by atoms with Gasteiger partial charge in [0.25, 0.3) is 12.0 Å². The number of rotatable bonds is 3. The van der Waals surface area contributed by atoms with Gasteiger partial charge < -0.3 is 28.4 Å². The van der Waals surface area contributed by atoms with E-state index < -0.39 is 0 Å². The van der Waals surface area contributed by atoms with Crippen molar-refractivity contribution in [1.82, 2.24) is 29.7 Å². The molecule has 0 amide bonds. The molecule has 4 bridgehead atoms. The van der Waals surface area contributed by atoms with Crippen LogP contribution >= 0.6 is 23.2 Å². The zero-order valence-electron chi connectivity index (χ0n) is 23.7. The average molecular weight is 600 g/mol. The zero-order valence-corrected chi connectivity index (χ0v) is 25.2. The van der Waals surface area contributed by atoms with Gasteiger partial charge in [0, 0.05) is 76.6 Å². The molecular formula is C29H36Cl2N8O2. The third-order valence-electron chi connectivity index (χ3n) is 9.03. The van der Waals surface area contributed by atoms with E-state index in [9.17, 15) is 0 Å². The smallest absolute Gasteiger partial charge is 0.300 e. The van der Waals surface area contributed by atoms with Gasteiger partial charge in [-0.2, -0.15) is 9.97 Å². The first-order chi connectivity index (χ1) is 19.9. The van der Waals surface area contributed by atoms with Crippen LogP contribution in [0.25, 0.3) is 22.5 Å².